The van der Waals surface area contributed by atoms with Gasteiger partial charge in [0.25, 0.3) is 11.8 Å². The van der Waals surface area contributed by atoms with Crippen molar-refractivity contribution in [1.82, 2.24) is 15.5 Å². The van der Waals surface area contributed by atoms with Gasteiger partial charge in [-0.1, -0.05) is 6.07 Å². The summed E-state index contributed by atoms with van der Waals surface area (Å²) in [6.45, 7) is 1.71. The monoisotopic (exact) mass is 447 g/mol. The van der Waals surface area contributed by atoms with Gasteiger partial charge in [-0.3, -0.25) is 14.4 Å². The molecule has 1 aromatic heterocycles. The molecule has 1 atom stereocenters. The maximum Gasteiger partial charge on any atom is 0.263 e. The highest BCUT2D eigenvalue weighted by atomic mass is 32.1. The molecule has 9 heteroatoms. The van der Waals surface area contributed by atoms with Crippen molar-refractivity contribution in [2.24, 2.45) is 5.92 Å². The number of halogens is 1. The van der Waals surface area contributed by atoms with E-state index >= 15 is 0 Å². The first-order chi connectivity index (χ1) is 15.0. The number of piperidine rings is 1. The maximum atomic E-state index is 13.2. The summed E-state index contributed by atoms with van der Waals surface area (Å²) >= 11 is 1.40. The maximum absolute atomic E-state index is 13.2. The van der Waals surface area contributed by atoms with Crippen molar-refractivity contribution in [3.8, 4) is 0 Å². The first-order valence-electron chi connectivity index (χ1n) is 10.2. The molecule has 1 fully saturated rings. The van der Waals surface area contributed by atoms with Gasteiger partial charge in [-0.05, 0) is 54.5 Å². The fourth-order valence-corrected chi connectivity index (χ4v) is 4.29. The van der Waals surface area contributed by atoms with E-state index < -0.39 is 17.8 Å². The number of carbonyl (C=O) groups excluding carboxylic acids is 3. The van der Waals surface area contributed by atoms with Gasteiger partial charge in [0, 0.05) is 32.3 Å². The summed E-state index contributed by atoms with van der Waals surface area (Å²) in [5, 5.41) is 7.46. The van der Waals surface area contributed by atoms with E-state index in [1.807, 2.05) is 11.4 Å². The Morgan fingerprint density at radius 3 is 2.52 bits per heavy atom. The van der Waals surface area contributed by atoms with Crippen LogP contribution in [0, 0.1) is 11.7 Å². The fraction of sp³-hybridized carbons (Fsp3) is 0.409. The molecular formula is C22H26FN3O4S. The van der Waals surface area contributed by atoms with Crippen LogP contribution in [0.15, 0.2) is 41.8 Å². The lowest BCUT2D eigenvalue weighted by molar-refractivity contribution is -0.124. The molecule has 31 heavy (non-hydrogen) atoms. The van der Waals surface area contributed by atoms with Crippen LogP contribution < -0.4 is 10.6 Å². The summed E-state index contributed by atoms with van der Waals surface area (Å²) in [6, 6.07) is 8.06. The largest absolute Gasteiger partial charge is 0.383 e. The SMILES string of the molecule is COCCNC(=O)[C@H](NC(=O)c1ccc(F)cc1)C1CCN(C(=O)c2cccs2)CC1. The topological polar surface area (TPSA) is 87.7 Å². The minimum Gasteiger partial charge on any atom is -0.383 e. The molecule has 1 saturated heterocycles. The van der Waals surface area contributed by atoms with Gasteiger partial charge >= 0.3 is 0 Å². The number of methoxy groups -OCH3 is 1. The Morgan fingerprint density at radius 2 is 1.90 bits per heavy atom. The predicted molar refractivity (Wildman–Crippen MR) is 115 cm³/mol. The minimum absolute atomic E-state index is 0.00936. The van der Waals surface area contributed by atoms with Gasteiger partial charge in [0.15, 0.2) is 0 Å². The number of amides is 3. The second-order valence-electron chi connectivity index (χ2n) is 7.35. The van der Waals surface area contributed by atoms with Gasteiger partial charge < -0.3 is 20.3 Å². The lowest BCUT2D eigenvalue weighted by Crippen LogP contribution is -2.54. The molecule has 1 aliphatic heterocycles. The molecule has 1 aromatic carbocycles. The number of likely N-dealkylation sites (tertiary alicyclic amines) is 1. The van der Waals surface area contributed by atoms with E-state index in [2.05, 4.69) is 10.6 Å². The van der Waals surface area contributed by atoms with Crippen molar-refractivity contribution in [3.63, 3.8) is 0 Å². The van der Waals surface area contributed by atoms with Crippen LogP contribution in [0.25, 0.3) is 0 Å². The molecular weight excluding hydrogens is 421 g/mol. The number of hydrogen-bond acceptors (Lipinski definition) is 5. The summed E-state index contributed by atoms with van der Waals surface area (Å²) in [5.41, 5.74) is 0.279. The highest BCUT2D eigenvalue weighted by Gasteiger charge is 2.34. The highest BCUT2D eigenvalue weighted by molar-refractivity contribution is 7.12. The number of carbonyl (C=O) groups is 3. The number of rotatable bonds is 8. The standard InChI is InChI=1S/C22H26FN3O4S/c1-30-13-10-24-21(28)19(25-20(27)16-4-6-17(23)7-5-16)15-8-11-26(12-9-15)22(29)18-3-2-14-31-18/h2-7,14-15,19H,8-13H2,1H3,(H,24,28)(H,25,27)/t19-/m1/s1. The highest BCUT2D eigenvalue weighted by Crippen LogP contribution is 2.24. The van der Waals surface area contributed by atoms with Gasteiger partial charge in [0.2, 0.25) is 5.91 Å². The second-order valence-corrected chi connectivity index (χ2v) is 8.30. The lowest BCUT2D eigenvalue weighted by atomic mass is 9.88. The average Bonchev–Trinajstić information content (AvgIpc) is 3.32. The first-order valence-corrected chi connectivity index (χ1v) is 11.0. The minimum atomic E-state index is -0.756. The van der Waals surface area contributed by atoms with Crippen LogP contribution in [0.1, 0.15) is 32.9 Å². The second kappa shape index (κ2) is 11.0. The van der Waals surface area contributed by atoms with Crippen LogP contribution in [-0.4, -0.2) is 62.0 Å². The number of benzene rings is 1. The van der Waals surface area contributed by atoms with E-state index in [4.69, 9.17) is 4.74 Å². The number of nitrogens with zero attached hydrogens (tertiary/aromatic N) is 1. The van der Waals surface area contributed by atoms with Crippen molar-refractivity contribution < 1.29 is 23.5 Å². The van der Waals surface area contributed by atoms with E-state index in [1.54, 1.807) is 18.1 Å². The van der Waals surface area contributed by atoms with Crippen molar-refractivity contribution >= 4 is 29.1 Å². The van der Waals surface area contributed by atoms with E-state index in [0.29, 0.717) is 44.0 Å². The van der Waals surface area contributed by atoms with Crippen LogP contribution in [-0.2, 0) is 9.53 Å². The molecule has 3 amide bonds. The third-order valence-corrected chi connectivity index (χ3v) is 6.17. The summed E-state index contributed by atoms with van der Waals surface area (Å²) in [7, 11) is 1.54. The Hall–Kier alpha value is -2.78. The summed E-state index contributed by atoms with van der Waals surface area (Å²) in [5.74, 6) is -1.31. The molecule has 2 aromatic rings. The van der Waals surface area contributed by atoms with Gasteiger partial charge in [-0.25, -0.2) is 4.39 Å². The number of ether oxygens (including phenoxy) is 1. The molecule has 2 heterocycles. The van der Waals surface area contributed by atoms with Crippen LogP contribution in [0.3, 0.4) is 0 Å². The van der Waals surface area contributed by atoms with Gasteiger partial charge in [-0.2, -0.15) is 0 Å². The Balaban J connectivity index is 1.66. The lowest BCUT2D eigenvalue weighted by Gasteiger charge is -2.35. The normalized spacial score (nSPS) is 15.4. The Labute approximate surface area is 184 Å². The number of thiophene rings is 1. The summed E-state index contributed by atoms with van der Waals surface area (Å²) in [6.07, 6.45) is 1.17. The molecule has 2 N–H and O–H groups in total. The number of nitrogens with one attached hydrogen (secondary N) is 2. The van der Waals surface area contributed by atoms with Crippen molar-refractivity contribution in [2.75, 3.05) is 33.4 Å². The van der Waals surface area contributed by atoms with Crippen LogP contribution >= 0.6 is 11.3 Å². The van der Waals surface area contributed by atoms with Crippen molar-refractivity contribution in [3.05, 3.63) is 58.0 Å². The van der Waals surface area contributed by atoms with Crippen LogP contribution in [0.4, 0.5) is 4.39 Å². The molecule has 7 nitrogen and oxygen atoms in total. The van der Waals surface area contributed by atoms with E-state index in [9.17, 15) is 18.8 Å². The van der Waals surface area contributed by atoms with Gasteiger partial charge in [0.05, 0.1) is 11.5 Å². The number of hydrogen-bond donors (Lipinski definition) is 2. The van der Waals surface area contributed by atoms with Crippen LogP contribution in [0.2, 0.25) is 0 Å². The Bertz CT molecular complexity index is 881. The zero-order valence-electron chi connectivity index (χ0n) is 17.3. The van der Waals surface area contributed by atoms with Crippen molar-refractivity contribution in [2.45, 2.75) is 18.9 Å². The molecule has 0 radical (unpaired) electrons. The predicted octanol–water partition coefficient (Wildman–Crippen LogP) is 2.30. The third-order valence-electron chi connectivity index (χ3n) is 5.31. The smallest absolute Gasteiger partial charge is 0.263 e. The molecule has 0 saturated carbocycles. The Kier molecular flexibility index (Phi) is 8.13. The Morgan fingerprint density at radius 1 is 1.19 bits per heavy atom. The zero-order valence-corrected chi connectivity index (χ0v) is 18.1. The quantitative estimate of drug-likeness (QED) is 0.608. The molecule has 3 rings (SSSR count). The summed E-state index contributed by atoms with van der Waals surface area (Å²) in [4.78, 5) is 40.5. The van der Waals surface area contributed by atoms with E-state index in [-0.39, 0.29) is 23.3 Å². The fourth-order valence-electron chi connectivity index (χ4n) is 3.60. The first kappa shape index (κ1) is 22.9. The average molecular weight is 448 g/mol. The van der Waals surface area contributed by atoms with E-state index in [0.717, 1.165) is 0 Å². The van der Waals surface area contributed by atoms with Crippen LogP contribution in [0.5, 0.6) is 0 Å². The third kappa shape index (κ3) is 6.11. The van der Waals surface area contributed by atoms with Gasteiger partial charge in [-0.15, -0.1) is 11.3 Å². The molecule has 0 aliphatic carbocycles. The molecule has 0 spiro atoms. The summed E-state index contributed by atoms with van der Waals surface area (Å²) < 4.78 is 18.1. The van der Waals surface area contributed by atoms with E-state index in [1.165, 1.54) is 35.6 Å². The van der Waals surface area contributed by atoms with Gasteiger partial charge in [0.1, 0.15) is 11.9 Å². The molecule has 166 valence electrons. The molecule has 1 aliphatic rings. The zero-order chi connectivity index (χ0) is 22.2. The molecule has 0 unspecified atom stereocenters. The van der Waals surface area contributed by atoms with Crippen molar-refractivity contribution in [1.29, 1.82) is 0 Å². The molecule has 0 bridgehead atoms.